The van der Waals surface area contributed by atoms with Crippen LogP contribution in [0.15, 0.2) is 48.5 Å². The average Bonchev–Trinajstić information content (AvgIpc) is 2.67. The third-order valence-corrected chi connectivity index (χ3v) is 5.16. The van der Waals surface area contributed by atoms with Crippen LogP contribution in [0, 0.1) is 0 Å². The minimum atomic E-state index is 0.401. The summed E-state index contributed by atoms with van der Waals surface area (Å²) in [5, 5.41) is 4.41. The van der Waals surface area contributed by atoms with Gasteiger partial charge in [-0.3, -0.25) is 4.90 Å². The Hall–Kier alpha value is -1.55. The number of benzene rings is 2. The van der Waals surface area contributed by atoms with Crippen LogP contribution in [0.25, 0.3) is 0 Å². The molecule has 1 unspecified atom stereocenters. The third-order valence-electron chi connectivity index (χ3n) is 4.91. The van der Waals surface area contributed by atoms with E-state index in [0.29, 0.717) is 6.04 Å². The highest BCUT2D eigenvalue weighted by atomic mass is 35.5. The normalized spacial score (nSPS) is 16.6. The first-order valence-corrected chi connectivity index (χ1v) is 9.47. The lowest BCUT2D eigenvalue weighted by atomic mass is 10.0. The van der Waals surface area contributed by atoms with Gasteiger partial charge in [0.25, 0.3) is 0 Å². The first-order valence-electron chi connectivity index (χ1n) is 9.09. The van der Waals surface area contributed by atoms with Crippen molar-refractivity contribution in [1.82, 2.24) is 10.2 Å². The Kier molecular flexibility index (Phi) is 6.74. The molecule has 1 atom stereocenters. The molecule has 0 aliphatic carbocycles. The van der Waals surface area contributed by atoms with E-state index < -0.39 is 0 Å². The molecule has 0 radical (unpaired) electrons. The summed E-state index contributed by atoms with van der Waals surface area (Å²) in [5.41, 5.74) is 2.61. The zero-order valence-electron chi connectivity index (χ0n) is 14.9. The van der Waals surface area contributed by atoms with E-state index in [4.69, 9.17) is 16.3 Å². The maximum absolute atomic E-state index is 5.97. The van der Waals surface area contributed by atoms with Gasteiger partial charge >= 0.3 is 0 Å². The Morgan fingerprint density at radius 2 is 1.68 bits per heavy atom. The predicted molar refractivity (Wildman–Crippen MR) is 104 cm³/mol. The van der Waals surface area contributed by atoms with Crippen molar-refractivity contribution in [3.05, 3.63) is 64.7 Å². The van der Waals surface area contributed by atoms with E-state index in [1.54, 1.807) is 7.11 Å². The largest absolute Gasteiger partial charge is 0.497 e. The van der Waals surface area contributed by atoms with Crippen LogP contribution < -0.4 is 10.1 Å². The highest BCUT2D eigenvalue weighted by Crippen LogP contribution is 2.26. The van der Waals surface area contributed by atoms with Gasteiger partial charge in [-0.1, -0.05) is 42.3 Å². The van der Waals surface area contributed by atoms with Gasteiger partial charge in [0.1, 0.15) is 5.75 Å². The number of nitrogens with one attached hydrogen (secondary N) is 1. The number of likely N-dealkylation sites (tertiary alicyclic amines) is 1. The highest BCUT2D eigenvalue weighted by Gasteiger charge is 2.22. The van der Waals surface area contributed by atoms with Crippen LogP contribution in [0.3, 0.4) is 0 Å². The van der Waals surface area contributed by atoms with E-state index in [0.717, 1.165) is 23.9 Å². The molecule has 1 aliphatic rings. The second-order valence-corrected chi connectivity index (χ2v) is 7.08. The van der Waals surface area contributed by atoms with Crippen molar-refractivity contribution in [2.45, 2.75) is 31.8 Å². The lowest BCUT2D eigenvalue weighted by molar-refractivity contribution is 0.160. The van der Waals surface area contributed by atoms with Gasteiger partial charge in [0.2, 0.25) is 0 Å². The molecule has 1 heterocycles. The minimum absolute atomic E-state index is 0.401. The van der Waals surface area contributed by atoms with Crippen LogP contribution in [-0.2, 0) is 6.54 Å². The zero-order chi connectivity index (χ0) is 17.5. The Bertz CT molecular complexity index is 636. The monoisotopic (exact) mass is 358 g/mol. The molecule has 25 heavy (non-hydrogen) atoms. The maximum Gasteiger partial charge on any atom is 0.118 e. The third kappa shape index (κ3) is 5.21. The Morgan fingerprint density at radius 3 is 2.32 bits per heavy atom. The summed E-state index contributed by atoms with van der Waals surface area (Å²) in [5.74, 6) is 0.912. The van der Waals surface area contributed by atoms with Crippen LogP contribution in [0.2, 0.25) is 5.02 Å². The Morgan fingerprint density at radius 1 is 1.00 bits per heavy atom. The first kappa shape index (κ1) is 18.2. The summed E-state index contributed by atoms with van der Waals surface area (Å²) in [6.45, 7) is 4.16. The number of hydrogen-bond donors (Lipinski definition) is 1. The smallest absolute Gasteiger partial charge is 0.118 e. The summed E-state index contributed by atoms with van der Waals surface area (Å²) in [6, 6.07) is 17.0. The number of ether oxygens (including phenoxy) is 1. The van der Waals surface area contributed by atoms with Crippen LogP contribution in [0.5, 0.6) is 5.75 Å². The number of rotatable bonds is 7. The van der Waals surface area contributed by atoms with E-state index in [9.17, 15) is 0 Å². The van der Waals surface area contributed by atoms with Gasteiger partial charge in [-0.05, 0) is 61.3 Å². The van der Waals surface area contributed by atoms with Crippen molar-refractivity contribution in [2.24, 2.45) is 0 Å². The fraction of sp³-hybridized carbons (Fsp3) is 0.429. The molecule has 0 bridgehead atoms. The second-order valence-electron chi connectivity index (χ2n) is 6.64. The molecule has 2 aromatic carbocycles. The number of halogens is 1. The van der Waals surface area contributed by atoms with Gasteiger partial charge in [0.15, 0.2) is 0 Å². The second kappa shape index (κ2) is 9.23. The van der Waals surface area contributed by atoms with E-state index in [-0.39, 0.29) is 0 Å². The van der Waals surface area contributed by atoms with Crippen molar-refractivity contribution < 1.29 is 4.74 Å². The summed E-state index contributed by atoms with van der Waals surface area (Å²) < 4.78 is 5.30. The molecule has 1 aliphatic heterocycles. The van der Waals surface area contributed by atoms with E-state index in [1.807, 2.05) is 12.1 Å². The van der Waals surface area contributed by atoms with Gasteiger partial charge in [0, 0.05) is 24.2 Å². The van der Waals surface area contributed by atoms with Gasteiger partial charge in [0.05, 0.1) is 7.11 Å². The fourth-order valence-corrected chi connectivity index (χ4v) is 3.60. The molecule has 1 fully saturated rings. The quantitative estimate of drug-likeness (QED) is 0.778. The topological polar surface area (TPSA) is 24.5 Å². The van der Waals surface area contributed by atoms with Gasteiger partial charge < -0.3 is 10.1 Å². The average molecular weight is 359 g/mol. The SMILES string of the molecule is COc1ccc(C(CNCc2ccc(Cl)cc2)N2CCCCC2)cc1. The lowest BCUT2D eigenvalue weighted by Crippen LogP contribution is -2.39. The summed E-state index contributed by atoms with van der Waals surface area (Å²) in [7, 11) is 1.71. The van der Waals surface area contributed by atoms with Crippen LogP contribution >= 0.6 is 11.6 Å². The predicted octanol–water partition coefficient (Wildman–Crippen LogP) is 4.67. The van der Waals surface area contributed by atoms with Gasteiger partial charge in [-0.15, -0.1) is 0 Å². The first-order chi connectivity index (χ1) is 12.3. The standard InChI is InChI=1S/C21H27ClN2O/c1-25-20-11-7-18(8-12-20)21(24-13-3-2-4-14-24)16-23-15-17-5-9-19(22)10-6-17/h5-12,21,23H,2-4,13-16H2,1H3. The van der Waals surface area contributed by atoms with Gasteiger partial charge in [-0.2, -0.15) is 0 Å². The maximum atomic E-state index is 5.97. The summed E-state index contributed by atoms with van der Waals surface area (Å²) in [6.07, 6.45) is 3.94. The molecule has 0 spiro atoms. The van der Waals surface area contributed by atoms with Crippen LogP contribution in [-0.4, -0.2) is 31.6 Å². The molecule has 1 N–H and O–H groups in total. The Labute approximate surface area is 155 Å². The Balaban J connectivity index is 1.65. The van der Waals surface area contributed by atoms with Crippen molar-refractivity contribution in [3.63, 3.8) is 0 Å². The summed E-state index contributed by atoms with van der Waals surface area (Å²) in [4.78, 5) is 2.61. The van der Waals surface area contributed by atoms with Crippen molar-refractivity contribution >= 4 is 11.6 Å². The lowest BCUT2D eigenvalue weighted by Gasteiger charge is -2.35. The molecule has 0 aromatic heterocycles. The van der Waals surface area contributed by atoms with Crippen molar-refractivity contribution in [2.75, 3.05) is 26.7 Å². The molecular weight excluding hydrogens is 332 g/mol. The number of methoxy groups -OCH3 is 1. The molecular formula is C21H27ClN2O. The van der Waals surface area contributed by atoms with E-state index in [2.05, 4.69) is 46.6 Å². The molecule has 3 nitrogen and oxygen atoms in total. The number of nitrogens with zero attached hydrogens (tertiary/aromatic N) is 1. The molecule has 4 heteroatoms. The van der Waals surface area contributed by atoms with Gasteiger partial charge in [-0.25, -0.2) is 0 Å². The molecule has 0 saturated carbocycles. The fourth-order valence-electron chi connectivity index (χ4n) is 3.47. The highest BCUT2D eigenvalue weighted by molar-refractivity contribution is 6.30. The van der Waals surface area contributed by atoms with Crippen molar-refractivity contribution in [3.8, 4) is 5.75 Å². The minimum Gasteiger partial charge on any atom is -0.497 e. The van der Waals surface area contributed by atoms with Crippen LogP contribution in [0.1, 0.15) is 36.4 Å². The van der Waals surface area contributed by atoms with E-state index >= 15 is 0 Å². The molecule has 0 amide bonds. The molecule has 1 saturated heterocycles. The molecule has 2 aromatic rings. The molecule has 3 rings (SSSR count). The van der Waals surface area contributed by atoms with Crippen molar-refractivity contribution in [1.29, 1.82) is 0 Å². The van der Waals surface area contributed by atoms with E-state index in [1.165, 1.54) is 43.5 Å². The molecule has 134 valence electrons. The number of hydrogen-bond acceptors (Lipinski definition) is 3. The van der Waals surface area contributed by atoms with Crippen LogP contribution in [0.4, 0.5) is 0 Å². The number of piperidine rings is 1. The zero-order valence-corrected chi connectivity index (χ0v) is 15.6. The summed E-state index contributed by atoms with van der Waals surface area (Å²) >= 11 is 5.97.